The van der Waals surface area contributed by atoms with Crippen LogP contribution in [0.4, 0.5) is 13.2 Å². The van der Waals surface area contributed by atoms with Gasteiger partial charge in [0.1, 0.15) is 11.4 Å². The molecule has 1 aliphatic heterocycles. The van der Waals surface area contributed by atoms with E-state index in [9.17, 15) is 22.8 Å². The van der Waals surface area contributed by atoms with Crippen LogP contribution in [-0.2, 0) is 13.2 Å². The van der Waals surface area contributed by atoms with Crippen molar-refractivity contribution in [2.24, 2.45) is 7.05 Å². The van der Waals surface area contributed by atoms with Gasteiger partial charge in [0.05, 0.1) is 5.02 Å². The van der Waals surface area contributed by atoms with Crippen molar-refractivity contribution in [3.8, 4) is 17.2 Å². The van der Waals surface area contributed by atoms with Crippen molar-refractivity contribution in [3.05, 3.63) is 49.8 Å². The number of benzene rings is 1. The van der Waals surface area contributed by atoms with Gasteiger partial charge in [0, 0.05) is 27.0 Å². The van der Waals surface area contributed by atoms with Crippen LogP contribution in [0.5, 0.6) is 11.5 Å². The third-order valence-electron chi connectivity index (χ3n) is 3.59. The van der Waals surface area contributed by atoms with Crippen molar-refractivity contribution in [2.75, 3.05) is 0 Å². The van der Waals surface area contributed by atoms with Gasteiger partial charge in [-0.25, -0.2) is 9.36 Å². The van der Waals surface area contributed by atoms with Gasteiger partial charge in [-0.2, -0.15) is 13.2 Å². The molecule has 0 spiro atoms. The quantitative estimate of drug-likeness (QED) is 0.767. The first-order valence-corrected chi connectivity index (χ1v) is 7.41. The molecule has 2 heterocycles. The molecule has 134 valence electrons. The van der Waals surface area contributed by atoms with Gasteiger partial charge in [-0.15, -0.1) is 0 Å². The van der Waals surface area contributed by atoms with Gasteiger partial charge in [0.15, 0.2) is 11.5 Å². The standard InChI is InChI=1S/C15H12ClF3N2O4/c1-14(2)24-11-7(16)4-5-8(12(11)25-14)21-10(22)6-9(15(17,18)19)20(3)13(21)23/h4-6H,1-3H3. The van der Waals surface area contributed by atoms with Crippen LogP contribution in [-0.4, -0.2) is 14.9 Å². The summed E-state index contributed by atoms with van der Waals surface area (Å²) in [6.45, 7) is 3.17. The normalized spacial score (nSPS) is 15.5. The average Bonchev–Trinajstić information content (AvgIpc) is 2.80. The van der Waals surface area contributed by atoms with Crippen LogP contribution in [0.3, 0.4) is 0 Å². The number of alkyl halides is 3. The zero-order chi connectivity index (χ0) is 18.7. The maximum atomic E-state index is 12.9. The number of rotatable bonds is 1. The van der Waals surface area contributed by atoms with Gasteiger partial charge >= 0.3 is 11.9 Å². The highest BCUT2D eigenvalue weighted by Gasteiger charge is 2.38. The molecule has 1 aromatic carbocycles. The van der Waals surface area contributed by atoms with E-state index < -0.39 is 28.9 Å². The SMILES string of the molecule is Cn1c(C(F)(F)F)cc(=O)n(-c2ccc(Cl)c3c2OC(C)(C)O3)c1=O. The molecule has 1 aromatic heterocycles. The van der Waals surface area contributed by atoms with E-state index in [1.807, 2.05) is 0 Å². The second kappa shape index (κ2) is 5.29. The molecule has 0 atom stereocenters. The molecule has 0 saturated carbocycles. The molecule has 6 nitrogen and oxygen atoms in total. The molecule has 25 heavy (non-hydrogen) atoms. The van der Waals surface area contributed by atoms with Gasteiger partial charge in [0.2, 0.25) is 5.79 Å². The molecular formula is C15H12ClF3N2O4. The summed E-state index contributed by atoms with van der Waals surface area (Å²) >= 11 is 6.03. The zero-order valence-electron chi connectivity index (χ0n) is 13.3. The highest BCUT2D eigenvalue weighted by Crippen LogP contribution is 2.47. The highest BCUT2D eigenvalue weighted by atomic mass is 35.5. The van der Waals surface area contributed by atoms with Crippen LogP contribution in [0.25, 0.3) is 5.69 Å². The van der Waals surface area contributed by atoms with E-state index in [-0.39, 0.29) is 22.2 Å². The monoisotopic (exact) mass is 376 g/mol. The molecule has 0 aliphatic carbocycles. The minimum absolute atomic E-state index is 0.0106. The van der Waals surface area contributed by atoms with Crippen LogP contribution >= 0.6 is 11.6 Å². The lowest BCUT2D eigenvalue weighted by molar-refractivity contribution is -0.144. The van der Waals surface area contributed by atoms with Crippen LogP contribution < -0.4 is 20.7 Å². The largest absolute Gasteiger partial charge is 0.447 e. The van der Waals surface area contributed by atoms with Crippen molar-refractivity contribution in [2.45, 2.75) is 25.8 Å². The minimum atomic E-state index is -4.84. The first kappa shape index (κ1) is 17.4. The van der Waals surface area contributed by atoms with Crippen LogP contribution in [0.2, 0.25) is 5.02 Å². The second-order valence-electron chi connectivity index (χ2n) is 5.87. The summed E-state index contributed by atoms with van der Waals surface area (Å²) in [5.74, 6) is -0.988. The molecular weight excluding hydrogens is 365 g/mol. The topological polar surface area (TPSA) is 62.5 Å². The van der Waals surface area contributed by atoms with E-state index >= 15 is 0 Å². The second-order valence-corrected chi connectivity index (χ2v) is 6.28. The fourth-order valence-corrected chi connectivity index (χ4v) is 2.72. The van der Waals surface area contributed by atoms with E-state index in [4.69, 9.17) is 21.1 Å². The number of ether oxygens (including phenoxy) is 2. The number of hydrogen-bond acceptors (Lipinski definition) is 4. The maximum absolute atomic E-state index is 12.9. The number of aromatic nitrogens is 2. The van der Waals surface area contributed by atoms with Gasteiger partial charge in [-0.3, -0.25) is 9.36 Å². The summed E-state index contributed by atoms with van der Waals surface area (Å²) in [6.07, 6.45) is -4.84. The molecule has 3 rings (SSSR count). The lowest BCUT2D eigenvalue weighted by atomic mass is 10.2. The summed E-state index contributed by atoms with van der Waals surface area (Å²) in [5, 5.41) is 0.182. The summed E-state index contributed by atoms with van der Waals surface area (Å²) in [7, 11) is 0.929. The summed E-state index contributed by atoms with van der Waals surface area (Å²) in [5.41, 5.74) is -3.71. The Kier molecular flexibility index (Phi) is 3.68. The number of fused-ring (bicyclic) bond motifs is 1. The van der Waals surface area contributed by atoms with E-state index in [1.54, 1.807) is 13.8 Å². The Balaban J connectivity index is 2.31. The Labute approximate surface area is 144 Å². The molecule has 0 unspecified atom stereocenters. The summed E-state index contributed by atoms with van der Waals surface area (Å²) in [6, 6.07) is 3.02. The smallest absolute Gasteiger partial charge is 0.431 e. The van der Waals surface area contributed by atoms with Gasteiger partial charge in [-0.05, 0) is 12.1 Å². The maximum Gasteiger partial charge on any atom is 0.431 e. The van der Waals surface area contributed by atoms with Crippen molar-refractivity contribution in [1.82, 2.24) is 9.13 Å². The van der Waals surface area contributed by atoms with E-state index in [2.05, 4.69) is 0 Å². The molecule has 0 fully saturated rings. The Morgan fingerprint density at radius 3 is 2.32 bits per heavy atom. The third kappa shape index (κ3) is 2.78. The molecule has 1 aliphatic rings. The lowest BCUT2D eigenvalue weighted by Gasteiger charge is -2.17. The van der Waals surface area contributed by atoms with Crippen molar-refractivity contribution < 1.29 is 22.6 Å². The predicted molar refractivity (Wildman–Crippen MR) is 82.6 cm³/mol. The number of hydrogen-bond donors (Lipinski definition) is 0. The van der Waals surface area contributed by atoms with Crippen LogP contribution in [0.15, 0.2) is 27.8 Å². The van der Waals surface area contributed by atoms with Crippen LogP contribution in [0.1, 0.15) is 19.5 Å². The molecule has 0 radical (unpaired) electrons. The average molecular weight is 377 g/mol. The fourth-order valence-electron chi connectivity index (χ4n) is 2.53. The molecule has 0 N–H and O–H groups in total. The molecule has 2 aromatic rings. The molecule has 0 amide bonds. The predicted octanol–water partition coefficient (Wildman–Crippen LogP) is 2.72. The minimum Gasteiger partial charge on any atom is -0.447 e. The van der Waals surface area contributed by atoms with Gasteiger partial charge in [0.25, 0.3) is 5.56 Å². The van der Waals surface area contributed by atoms with Crippen molar-refractivity contribution in [1.29, 1.82) is 0 Å². The molecule has 10 heteroatoms. The molecule has 0 bridgehead atoms. The fraction of sp³-hybridized carbons (Fsp3) is 0.333. The van der Waals surface area contributed by atoms with Gasteiger partial charge < -0.3 is 9.47 Å². The summed E-state index contributed by atoms with van der Waals surface area (Å²) in [4.78, 5) is 24.6. The molecule has 0 saturated heterocycles. The highest BCUT2D eigenvalue weighted by molar-refractivity contribution is 6.32. The Hall–Kier alpha value is -2.42. The zero-order valence-corrected chi connectivity index (χ0v) is 14.0. The van der Waals surface area contributed by atoms with Crippen molar-refractivity contribution in [3.63, 3.8) is 0 Å². The first-order chi connectivity index (χ1) is 11.4. The number of halogens is 4. The van der Waals surface area contributed by atoms with Gasteiger partial charge in [-0.1, -0.05) is 11.6 Å². The summed E-state index contributed by atoms with van der Waals surface area (Å²) < 4.78 is 50.9. The van der Waals surface area contributed by atoms with Crippen LogP contribution in [0, 0.1) is 0 Å². The van der Waals surface area contributed by atoms with E-state index in [0.717, 1.165) is 7.05 Å². The number of nitrogens with zero attached hydrogens (tertiary/aromatic N) is 2. The van der Waals surface area contributed by atoms with Crippen molar-refractivity contribution >= 4 is 11.6 Å². The Bertz CT molecular complexity index is 992. The third-order valence-corrected chi connectivity index (χ3v) is 3.89. The Morgan fingerprint density at radius 1 is 1.12 bits per heavy atom. The lowest BCUT2D eigenvalue weighted by Crippen LogP contribution is -2.40. The van der Waals surface area contributed by atoms with E-state index in [1.165, 1.54) is 12.1 Å². The Morgan fingerprint density at radius 2 is 1.72 bits per heavy atom. The first-order valence-electron chi connectivity index (χ1n) is 7.03. The van der Waals surface area contributed by atoms with E-state index in [0.29, 0.717) is 15.2 Å².